The molecule has 1 unspecified atom stereocenters. The molecule has 6 heteroatoms. The third kappa shape index (κ3) is 1.72. The first-order chi connectivity index (χ1) is 8.53. The van der Waals surface area contributed by atoms with Crippen molar-refractivity contribution in [2.45, 2.75) is 38.6 Å². The van der Waals surface area contributed by atoms with Crippen LogP contribution >= 0.6 is 0 Å². The van der Waals surface area contributed by atoms with Crippen LogP contribution in [0, 0.1) is 12.7 Å². The van der Waals surface area contributed by atoms with E-state index in [1.165, 1.54) is 6.33 Å². The van der Waals surface area contributed by atoms with Crippen LogP contribution in [0.3, 0.4) is 0 Å². The second-order valence-corrected chi connectivity index (χ2v) is 4.54. The highest BCUT2D eigenvalue weighted by Gasteiger charge is 2.47. The maximum absolute atomic E-state index is 14.0. The molecule has 5 nitrogen and oxygen atoms in total. The largest absolute Gasteiger partial charge is 0.479 e. The van der Waals surface area contributed by atoms with E-state index in [1.54, 1.807) is 18.7 Å². The van der Waals surface area contributed by atoms with Gasteiger partial charge in [-0.2, -0.15) is 0 Å². The lowest BCUT2D eigenvalue weighted by atomic mass is 9.93. The Kier molecular flexibility index (Phi) is 3.19. The molecule has 1 aliphatic heterocycles. The second-order valence-electron chi connectivity index (χ2n) is 4.54. The van der Waals surface area contributed by atoms with Gasteiger partial charge < -0.3 is 10.0 Å². The monoisotopic (exact) mass is 253 g/mol. The molecule has 1 aromatic heterocycles. The molecule has 0 radical (unpaired) electrons. The summed E-state index contributed by atoms with van der Waals surface area (Å²) in [5.41, 5.74) is -0.802. The van der Waals surface area contributed by atoms with Crippen LogP contribution in [-0.2, 0) is 4.79 Å². The van der Waals surface area contributed by atoms with Crippen LogP contribution in [-0.4, -0.2) is 33.1 Å². The average Bonchev–Trinajstić information content (AvgIpc) is 2.77. The maximum Gasteiger partial charge on any atom is 0.329 e. The molecule has 0 saturated carbocycles. The highest BCUT2D eigenvalue weighted by atomic mass is 19.1. The highest BCUT2D eigenvalue weighted by molar-refractivity contribution is 5.84. The van der Waals surface area contributed by atoms with Crippen LogP contribution in [0.4, 0.5) is 10.2 Å². The fraction of sp³-hybridized carbons (Fsp3) is 0.583. The van der Waals surface area contributed by atoms with Gasteiger partial charge in [-0.3, -0.25) is 0 Å². The lowest BCUT2D eigenvalue weighted by Crippen LogP contribution is -2.51. The molecular formula is C12H16FN3O2. The third-order valence-corrected chi connectivity index (χ3v) is 3.67. The molecule has 0 bridgehead atoms. The fourth-order valence-corrected chi connectivity index (χ4v) is 2.56. The number of halogens is 1. The molecule has 2 rings (SSSR count). The molecule has 1 N–H and O–H groups in total. The summed E-state index contributed by atoms with van der Waals surface area (Å²) in [4.78, 5) is 20.8. The second kappa shape index (κ2) is 4.51. The van der Waals surface area contributed by atoms with Gasteiger partial charge in [0.15, 0.2) is 11.6 Å². The standard InChI is InChI=1S/C12H16FN3O2/c1-3-12(11(17)18)5-4-6-16(12)10-9(13)8(2)14-7-15-10/h7H,3-6H2,1-2H3,(H,17,18). The average molecular weight is 253 g/mol. The minimum atomic E-state index is -1.04. The zero-order valence-electron chi connectivity index (χ0n) is 10.5. The number of hydrogen-bond donors (Lipinski definition) is 1. The van der Waals surface area contributed by atoms with Gasteiger partial charge >= 0.3 is 5.97 Å². The van der Waals surface area contributed by atoms with Gasteiger partial charge in [-0.05, 0) is 26.2 Å². The number of aliphatic carboxylic acids is 1. The number of anilines is 1. The van der Waals surface area contributed by atoms with Crippen LogP contribution in [0.2, 0.25) is 0 Å². The van der Waals surface area contributed by atoms with E-state index in [0.717, 1.165) is 6.42 Å². The molecule has 1 fully saturated rings. The minimum Gasteiger partial charge on any atom is -0.479 e. The van der Waals surface area contributed by atoms with Crippen molar-refractivity contribution in [2.75, 3.05) is 11.4 Å². The lowest BCUT2D eigenvalue weighted by Gasteiger charge is -2.34. The SMILES string of the molecule is CCC1(C(=O)O)CCCN1c1ncnc(C)c1F. The van der Waals surface area contributed by atoms with E-state index < -0.39 is 17.3 Å². The maximum atomic E-state index is 14.0. The fourth-order valence-electron chi connectivity index (χ4n) is 2.56. The first kappa shape index (κ1) is 12.7. The van der Waals surface area contributed by atoms with Crippen LogP contribution in [0.5, 0.6) is 0 Å². The summed E-state index contributed by atoms with van der Waals surface area (Å²) in [6.07, 6.45) is 2.93. The van der Waals surface area contributed by atoms with Crippen LogP contribution in [0.15, 0.2) is 6.33 Å². The molecule has 0 amide bonds. The van der Waals surface area contributed by atoms with Gasteiger partial charge in [-0.25, -0.2) is 19.2 Å². The summed E-state index contributed by atoms with van der Waals surface area (Å²) in [6, 6.07) is 0. The van der Waals surface area contributed by atoms with Gasteiger partial charge in [-0.1, -0.05) is 6.92 Å². The Morgan fingerprint density at radius 3 is 2.94 bits per heavy atom. The molecule has 1 aromatic rings. The van der Waals surface area contributed by atoms with Crippen molar-refractivity contribution >= 4 is 11.8 Å². The summed E-state index contributed by atoms with van der Waals surface area (Å²) in [5.74, 6) is -1.35. The lowest BCUT2D eigenvalue weighted by molar-refractivity contribution is -0.143. The van der Waals surface area contributed by atoms with E-state index in [-0.39, 0.29) is 11.5 Å². The third-order valence-electron chi connectivity index (χ3n) is 3.67. The predicted octanol–water partition coefficient (Wildman–Crippen LogP) is 1.76. The Bertz CT molecular complexity index is 480. The summed E-state index contributed by atoms with van der Waals surface area (Å²) in [5, 5.41) is 9.45. The van der Waals surface area contributed by atoms with E-state index in [4.69, 9.17) is 0 Å². The Balaban J connectivity index is 2.49. The minimum absolute atomic E-state index is 0.101. The Morgan fingerprint density at radius 1 is 1.61 bits per heavy atom. The summed E-state index contributed by atoms with van der Waals surface area (Å²) in [7, 11) is 0. The van der Waals surface area contributed by atoms with Crippen LogP contribution < -0.4 is 4.90 Å². The number of nitrogens with zero attached hydrogens (tertiary/aromatic N) is 3. The van der Waals surface area contributed by atoms with E-state index in [0.29, 0.717) is 19.4 Å². The number of rotatable bonds is 3. The zero-order valence-corrected chi connectivity index (χ0v) is 10.5. The van der Waals surface area contributed by atoms with Crippen LogP contribution in [0.25, 0.3) is 0 Å². The Morgan fingerprint density at radius 2 is 2.33 bits per heavy atom. The molecule has 0 aromatic carbocycles. The summed E-state index contributed by atoms with van der Waals surface area (Å²) in [6.45, 7) is 3.86. The molecular weight excluding hydrogens is 237 g/mol. The molecule has 18 heavy (non-hydrogen) atoms. The Labute approximate surface area is 105 Å². The number of hydrogen-bond acceptors (Lipinski definition) is 4. The number of aryl methyl sites for hydroxylation is 1. The molecule has 1 atom stereocenters. The van der Waals surface area contributed by atoms with Gasteiger partial charge in [-0.15, -0.1) is 0 Å². The van der Waals surface area contributed by atoms with Gasteiger partial charge in [0, 0.05) is 6.54 Å². The molecule has 0 spiro atoms. The van der Waals surface area contributed by atoms with Gasteiger partial charge in [0.25, 0.3) is 0 Å². The zero-order chi connectivity index (χ0) is 13.3. The van der Waals surface area contributed by atoms with Crippen molar-refractivity contribution in [1.82, 2.24) is 9.97 Å². The number of carboxylic acid groups (broad SMARTS) is 1. The van der Waals surface area contributed by atoms with Crippen molar-refractivity contribution in [1.29, 1.82) is 0 Å². The van der Waals surface area contributed by atoms with Gasteiger partial charge in [0.1, 0.15) is 11.9 Å². The molecule has 1 aliphatic rings. The smallest absolute Gasteiger partial charge is 0.329 e. The number of carbonyl (C=O) groups is 1. The van der Waals surface area contributed by atoms with Crippen molar-refractivity contribution in [2.24, 2.45) is 0 Å². The normalized spacial score (nSPS) is 23.4. The quantitative estimate of drug-likeness (QED) is 0.889. The van der Waals surface area contributed by atoms with Crippen molar-refractivity contribution in [3.8, 4) is 0 Å². The molecule has 2 heterocycles. The summed E-state index contributed by atoms with van der Waals surface area (Å²) < 4.78 is 14.0. The number of aromatic nitrogens is 2. The van der Waals surface area contributed by atoms with Gasteiger partial charge in [0.2, 0.25) is 0 Å². The molecule has 0 aliphatic carbocycles. The number of carboxylic acids is 1. The predicted molar refractivity (Wildman–Crippen MR) is 64.0 cm³/mol. The van der Waals surface area contributed by atoms with Crippen molar-refractivity contribution in [3.05, 3.63) is 17.8 Å². The van der Waals surface area contributed by atoms with Crippen LogP contribution in [0.1, 0.15) is 31.9 Å². The van der Waals surface area contributed by atoms with Crippen molar-refractivity contribution < 1.29 is 14.3 Å². The van der Waals surface area contributed by atoms with E-state index in [2.05, 4.69) is 9.97 Å². The van der Waals surface area contributed by atoms with Gasteiger partial charge in [0.05, 0.1) is 5.69 Å². The first-order valence-corrected chi connectivity index (χ1v) is 6.01. The van der Waals surface area contributed by atoms with E-state index >= 15 is 0 Å². The van der Waals surface area contributed by atoms with Crippen molar-refractivity contribution in [3.63, 3.8) is 0 Å². The topological polar surface area (TPSA) is 66.3 Å². The molecule has 98 valence electrons. The first-order valence-electron chi connectivity index (χ1n) is 6.01. The molecule has 1 saturated heterocycles. The Hall–Kier alpha value is -1.72. The summed E-state index contributed by atoms with van der Waals surface area (Å²) >= 11 is 0. The van der Waals surface area contributed by atoms with E-state index in [9.17, 15) is 14.3 Å². The highest BCUT2D eigenvalue weighted by Crippen LogP contribution is 2.37. The van der Waals surface area contributed by atoms with E-state index in [1.807, 2.05) is 0 Å².